The summed E-state index contributed by atoms with van der Waals surface area (Å²) in [6.07, 6.45) is 7.02. The molecule has 2 saturated heterocycles. The second-order valence-corrected chi connectivity index (χ2v) is 8.18. The maximum Gasteiger partial charge on any atom is 0.101 e. The number of rotatable bonds is 1. The molecule has 2 unspecified atom stereocenters. The van der Waals surface area contributed by atoms with E-state index in [4.69, 9.17) is 4.74 Å². The van der Waals surface area contributed by atoms with Gasteiger partial charge in [-0.25, -0.2) is 0 Å². The number of hydrogen-bond acceptors (Lipinski definition) is 2. The Bertz CT molecular complexity index is 184. The summed E-state index contributed by atoms with van der Waals surface area (Å²) in [6, 6.07) is 0. The van der Waals surface area contributed by atoms with Crippen LogP contribution in [0.4, 0.5) is 0 Å². The van der Waals surface area contributed by atoms with Gasteiger partial charge in [0.05, 0.1) is 5.60 Å². The van der Waals surface area contributed by atoms with Crippen LogP contribution < -0.4 is 0 Å². The summed E-state index contributed by atoms with van der Waals surface area (Å²) in [4.78, 5) is 0. The summed E-state index contributed by atoms with van der Waals surface area (Å²) in [5.74, 6) is 1.26. The predicted molar refractivity (Wildman–Crippen MR) is 62.2 cm³/mol. The monoisotopic (exact) mass is 218 g/mol. The summed E-state index contributed by atoms with van der Waals surface area (Å²) < 4.78 is 6.10. The molecule has 2 heterocycles. The lowest BCUT2D eigenvalue weighted by Gasteiger charge is -2.37. The minimum Gasteiger partial charge on any atom is -0.360 e. The lowest BCUT2D eigenvalue weighted by Crippen LogP contribution is -2.38. The van der Waals surface area contributed by atoms with Gasteiger partial charge in [-0.2, -0.15) is 0 Å². The Kier molecular flexibility index (Phi) is 3.22. The molecule has 3 atom stereocenters. The molecule has 0 saturated carbocycles. The molecule has 1 spiro atoms. The lowest BCUT2D eigenvalue weighted by atomic mass is 10.0. The Labute approximate surface area is 86.7 Å². The zero-order valence-electron chi connectivity index (χ0n) is 8.58. The van der Waals surface area contributed by atoms with E-state index in [2.05, 4.69) is 13.8 Å². The maximum absolute atomic E-state index is 6.10. The van der Waals surface area contributed by atoms with Gasteiger partial charge in [-0.1, -0.05) is 6.92 Å². The molecule has 0 N–H and O–H groups in total. The molecular formula is C10H19OPS. The third-order valence-electron chi connectivity index (χ3n) is 3.06. The third kappa shape index (κ3) is 2.22. The second kappa shape index (κ2) is 4.08. The van der Waals surface area contributed by atoms with Crippen LogP contribution in [0.15, 0.2) is 0 Å². The van der Waals surface area contributed by atoms with Crippen LogP contribution in [0.3, 0.4) is 0 Å². The van der Waals surface area contributed by atoms with Gasteiger partial charge >= 0.3 is 0 Å². The lowest BCUT2D eigenvalue weighted by molar-refractivity contribution is -0.0119. The topological polar surface area (TPSA) is 9.23 Å². The molecule has 0 radical (unpaired) electrons. The van der Waals surface area contributed by atoms with E-state index in [9.17, 15) is 0 Å². The van der Waals surface area contributed by atoms with Crippen LogP contribution in [0.1, 0.15) is 26.7 Å². The van der Waals surface area contributed by atoms with Crippen LogP contribution in [0.5, 0.6) is 0 Å². The number of hydrogen-bond donors (Lipinski definition) is 0. The molecule has 0 aliphatic carbocycles. The Balaban J connectivity index is 1.98. The highest BCUT2D eigenvalue weighted by molar-refractivity contribution is 8.00. The van der Waals surface area contributed by atoms with E-state index in [0.717, 1.165) is 0 Å². The smallest absolute Gasteiger partial charge is 0.101 e. The minimum absolute atomic E-state index is 0.310. The first-order chi connectivity index (χ1) is 6.24. The molecule has 3 heteroatoms. The Hall–Kier alpha value is 0.740. The Morgan fingerprint density at radius 2 is 2.46 bits per heavy atom. The fraction of sp³-hybridized carbons (Fsp3) is 1.00. The van der Waals surface area contributed by atoms with Crippen LogP contribution in [-0.2, 0) is 4.74 Å². The standard InChI is InChI=1S/C10H19OPS/c1-3-12-6-4-5-10(7-12)8-13-9(2)11-10/h9H,3-8H2,1-2H3/t9-,10?,12?/m1/s1. The van der Waals surface area contributed by atoms with Crippen molar-refractivity contribution in [2.24, 2.45) is 0 Å². The average molecular weight is 218 g/mol. The normalized spacial score (nSPS) is 45.7. The van der Waals surface area contributed by atoms with Gasteiger partial charge in [0.25, 0.3) is 0 Å². The largest absolute Gasteiger partial charge is 0.360 e. The minimum atomic E-state index is 0.310. The molecule has 2 aliphatic rings. The van der Waals surface area contributed by atoms with Gasteiger partial charge in [0, 0.05) is 5.75 Å². The van der Waals surface area contributed by atoms with Gasteiger partial charge in [-0.05, 0) is 38.3 Å². The molecule has 76 valence electrons. The van der Waals surface area contributed by atoms with Gasteiger partial charge in [-0.3, -0.25) is 0 Å². The van der Waals surface area contributed by atoms with Gasteiger partial charge in [-0.15, -0.1) is 19.7 Å². The molecule has 1 nitrogen and oxygen atoms in total. The molecular weight excluding hydrogens is 199 g/mol. The first-order valence-corrected chi connectivity index (χ1v) is 8.20. The third-order valence-corrected chi connectivity index (χ3v) is 7.19. The van der Waals surface area contributed by atoms with Gasteiger partial charge in [0.1, 0.15) is 5.44 Å². The van der Waals surface area contributed by atoms with Crippen LogP contribution in [0.25, 0.3) is 0 Å². The fourth-order valence-electron chi connectivity index (χ4n) is 2.36. The summed E-state index contributed by atoms with van der Waals surface area (Å²) in [7, 11) is 0.314. The number of thioether (sulfide) groups is 1. The summed E-state index contributed by atoms with van der Waals surface area (Å²) in [6.45, 7) is 4.54. The highest BCUT2D eigenvalue weighted by Crippen LogP contribution is 2.51. The Morgan fingerprint density at radius 1 is 1.62 bits per heavy atom. The molecule has 13 heavy (non-hydrogen) atoms. The first kappa shape index (κ1) is 10.3. The van der Waals surface area contributed by atoms with Crippen molar-refractivity contribution in [3.8, 4) is 0 Å². The van der Waals surface area contributed by atoms with E-state index in [1.54, 1.807) is 0 Å². The molecule has 0 aromatic heterocycles. The van der Waals surface area contributed by atoms with Crippen molar-refractivity contribution in [2.45, 2.75) is 37.7 Å². The maximum atomic E-state index is 6.10. The fourth-order valence-corrected chi connectivity index (χ4v) is 6.10. The van der Waals surface area contributed by atoms with Crippen molar-refractivity contribution in [3.63, 3.8) is 0 Å². The van der Waals surface area contributed by atoms with Crippen LogP contribution in [-0.4, -0.2) is 35.3 Å². The van der Waals surface area contributed by atoms with Crippen LogP contribution >= 0.6 is 19.7 Å². The van der Waals surface area contributed by atoms with E-state index in [-0.39, 0.29) is 0 Å². The quantitative estimate of drug-likeness (QED) is 0.625. The van der Waals surface area contributed by atoms with E-state index >= 15 is 0 Å². The molecule has 2 rings (SSSR count). The average Bonchev–Trinajstić information content (AvgIpc) is 2.47. The highest BCUT2D eigenvalue weighted by atomic mass is 32.2. The van der Waals surface area contributed by atoms with Crippen molar-refractivity contribution < 1.29 is 4.74 Å². The SMILES string of the molecule is CCP1CCCC2(CS[C@H](C)O2)C1. The van der Waals surface area contributed by atoms with Crippen molar-refractivity contribution in [1.82, 2.24) is 0 Å². The molecule has 0 aromatic rings. The van der Waals surface area contributed by atoms with Gasteiger partial charge in [0.2, 0.25) is 0 Å². The molecule has 0 amide bonds. The van der Waals surface area contributed by atoms with Crippen LogP contribution in [0, 0.1) is 0 Å². The van der Waals surface area contributed by atoms with Crippen molar-refractivity contribution in [3.05, 3.63) is 0 Å². The Morgan fingerprint density at radius 3 is 3.08 bits per heavy atom. The van der Waals surface area contributed by atoms with Crippen molar-refractivity contribution >= 4 is 19.7 Å². The second-order valence-electron chi connectivity index (χ2n) is 4.15. The summed E-state index contributed by atoms with van der Waals surface area (Å²) in [5, 5.41) is 0. The summed E-state index contributed by atoms with van der Waals surface area (Å²) >= 11 is 2.00. The number of ether oxygens (including phenoxy) is 1. The zero-order chi connectivity index (χ0) is 9.31. The van der Waals surface area contributed by atoms with Gasteiger partial charge < -0.3 is 4.74 Å². The molecule has 2 aliphatic heterocycles. The van der Waals surface area contributed by atoms with E-state index in [0.29, 0.717) is 19.0 Å². The molecule has 0 aromatic carbocycles. The van der Waals surface area contributed by atoms with Crippen LogP contribution in [0.2, 0.25) is 0 Å². The molecule has 0 bridgehead atoms. The van der Waals surface area contributed by atoms with Gasteiger partial charge in [0.15, 0.2) is 0 Å². The van der Waals surface area contributed by atoms with Crippen molar-refractivity contribution in [1.29, 1.82) is 0 Å². The van der Waals surface area contributed by atoms with E-state index in [1.165, 1.54) is 37.1 Å². The highest BCUT2D eigenvalue weighted by Gasteiger charge is 2.42. The van der Waals surface area contributed by atoms with E-state index < -0.39 is 0 Å². The van der Waals surface area contributed by atoms with E-state index in [1.807, 2.05) is 11.8 Å². The molecule has 2 fully saturated rings. The zero-order valence-corrected chi connectivity index (χ0v) is 10.3. The predicted octanol–water partition coefficient (Wildman–Crippen LogP) is 3.13. The van der Waals surface area contributed by atoms with Crippen molar-refractivity contribution in [2.75, 3.05) is 24.2 Å². The summed E-state index contributed by atoms with van der Waals surface area (Å²) in [5.41, 5.74) is 0.760. The first-order valence-electron chi connectivity index (χ1n) is 5.26.